The van der Waals surface area contributed by atoms with Crippen LogP contribution in [0.4, 0.5) is 17.1 Å². The quantitative estimate of drug-likeness (QED) is 0.0918. The monoisotopic (exact) mass is 631 g/mol. The number of para-hydroxylation sites is 2. The van der Waals surface area contributed by atoms with Crippen molar-refractivity contribution < 1.29 is 24.2 Å². The molecule has 0 unspecified atom stereocenters. The summed E-state index contributed by atoms with van der Waals surface area (Å²) in [6.45, 7) is -0.0276. The Kier molecular flexibility index (Phi) is 11.1. The maximum absolute atomic E-state index is 12.7. The highest BCUT2D eigenvalue weighted by atomic mass is 32.2. The summed E-state index contributed by atoms with van der Waals surface area (Å²) in [5.74, 6) is 0.340. The van der Waals surface area contributed by atoms with E-state index in [1.807, 2.05) is 60.7 Å². The highest BCUT2D eigenvalue weighted by Crippen LogP contribution is 2.39. The lowest BCUT2D eigenvalue weighted by Gasteiger charge is -2.36. The maximum Gasteiger partial charge on any atom is 0.224 e. The molecule has 3 aromatic carbocycles. The number of rotatable bonds is 13. The first-order chi connectivity index (χ1) is 21.9. The highest BCUT2D eigenvalue weighted by Gasteiger charge is 2.32. The lowest BCUT2D eigenvalue weighted by Crippen LogP contribution is -2.31. The van der Waals surface area contributed by atoms with Gasteiger partial charge < -0.3 is 30.9 Å². The minimum atomic E-state index is -0.668. The number of thioether (sulfide) groups is 1. The van der Waals surface area contributed by atoms with Gasteiger partial charge in [-0.3, -0.25) is 9.59 Å². The third kappa shape index (κ3) is 9.11. The van der Waals surface area contributed by atoms with Gasteiger partial charge in [-0.05, 0) is 58.7 Å². The molecule has 45 heavy (non-hydrogen) atoms. The Morgan fingerprint density at radius 2 is 1.73 bits per heavy atom. The molecule has 236 valence electrons. The van der Waals surface area contributed by atoms with Gasteiger partial charge in [-0.1, -0.05) is 60.3 Å². The van der Waals surface area contributed by atoms with Gasteiger partial charge in [0, 0.05) is 43.3 Å². The predicted octanol–water partition coefficient (Wildman–Crippen LogP) is 4.76. The van der Waals surface area contributed by atoms with E-state index in [-0.39, 0.29) is 37.0 Å². The number of nitrogens with one attached hydrogen (secondary N) is 2. The van der Waals surface area contributed by atoms with Crippen LogP contribution in [0, 0.1) is 0 Å². The van der Waals surface area contributed by atoms with E-state index < -0.39 is 6.29 Å². The zero-order valence-electron chi connectivity index (χ0n) is 25.0. The van der Waals surface area contributed by atoms with Crippen LogP contribution in [0.3, 0.4) is 0 Å². The van der Waals surface area contributed by atoms with E-state index in [0.717, 1.165) is 16.7 Å². The number of unbranched alkanes of at least 4 members (excludes halogenated alkanes) is 1. The van der Waals surface area contributed by atoms with Crippen LogP contribution in [0.2, 0.25) is 0 Å². The molecule has 2 heterocycles. The van der Waals surface area contributed by atoms with E-state index in [9.17, 15) is 14.7 Å². The third-order valence-electron chi connectivity index (χ3n) is 7.33. The maximum atomic E-state index is 12.7. The minimum Gasteiger partial charge on any atom is -0.397 e. The first-order valence-electron chi connectivity index (χ1n) is 14.8. The van der Waals surface area contributed by atoms with Crippen LogP contribution in [0.25, 0.3) is 0 Å². The zero-order valence-corrected chi connectivity index (χ0v) is 25.8. The number of carbonyl (C=O) groups excluding carboxylic acids is 2. The molecular formula is C32H37N7O5S. The molecular weight excluding hydrogens is 594 g/mol. The Bertz CT molecular complexity index is 1580. The summed E-state index contributed by atoms with van der Waals surface area (Å²) >= 11 is 1.51. The number of nitrogens with two attached hydrogens (primary N) is 1. The summed E-state index contributed by atoms with van der Waals surface area (Å²) in [5, 5.41) is 27.6. The minimum absolute atomic E-state index is 0.0276. The van der Waals surface area contributed by atoms with Crippen LogP contribution in [-0.2, 0) is 32.7 Å². The van der Waals surface area contributed by atoms with Crippen LogP contribution < -0.4 is 16.4 Å². The summed E-state index contributed by atoms with van der Waals surface area (Å²) in [4.78, 5) is 25.0. The molecule has 0 aliphatic carbocycles. The van der Waals surface area contributed by atoms with Crippen LogP contribution in [0.15, 0.2) is 78.0 Å². The van der Waals surface area contributed by atoms with Crippen molar-refractivity contribution in [3.63, 3.8) is 0 Å². The van der Waals surface area contributed by atoms with Gasteiger partial charge >= 0.3 is 0 Å². The standard InChI is InChI=1S/C32H37N7O5S/c1-39-32(36-37-38-39)45-20-25-18-28(22-15-13-21(19-40)14-16-22)44-31(43-25)23-7-6-8-24(17-23)34-29(41)11-4-5-12-30(42)35-27-10-3-2-9-26(27)33/h2-3,6-10,13-17,25,28,31,40H,4-5,11-12,18-20,33H2,1H3,(H,34,41)(H,35,42)/t25-,28+,31+/m1/s1. The van der Waals surface area contributed by atoms with Crippen LogP contribution >= 0.6 is 11.8 Å². The zero-order chi connectivity index (χ0) is 31.6. The number of amides is 2. The average molecular weight is 632 g/mol. The van der Waals surface area contributed by atoms with Gasteiger partial charge in [-0.2, -0.15) is 0 Å². The smallest absolute Gasteiger partial charge is 0.224 e. The molecule has 12 nitrogen and oxygen atoms in total. The van der Waals surface area contributed by atoms with Gasteiger partial charge in [0.05, 0.1) is 30.2 Å². The van der Waals surface area contributed by atoms with Crippen molar-refractivity contribution in [2.24, 2.45) is 7.05 Å². The Balaban J connectivity index is 1.17. The van der Waals surface area contributed by atoms with E-state index in [1.54, 1.807) is 23.9 Å². The summed E-state index contributed by atoms with van der Waals surface area (Å²) < 4.78 is 14.5. The summed E-state index contributed by atoms with van der Waals surface area (Å²) in [6, 6.07) is 22.2. The number of benzene rings is 3. The topological polar surface area (TPSA) is 167 Å². The first kappa shape index (κ1) is 32.1. The van der Waals surface area contributed by atoms with Gasteiger partial charge in [-0.25, -0.2) is 4.68 Å². The van der Waals surface area contributed by atoms with Crippen molar-refractivity contribution in [2.45, 2.75) is 62.4 Å². The van der Waals surface area contributed by atoms with Gasteiger partial charge in [-0.15, -0.1) is 5.10 Å². The molecule has 1 aliphatic rings. The molecule has 0 radical (unpaired) electrons. The third-order valence-corrected chi connectivity index (χ3v) is 8.47. The van der Waals surface area contributed by atoms with Gasteiger partial charge in [0.25, 0.3) is 0 Å². The fraction of sp³-hybridized carbons (Fsp3) is 0.344. The van der Waals surface area contributed by atoms with Gasteiger partial charge in [0.15, 0.2) is 6.29 Å². The second-order valence-corrected chi connectivity index (χ2v) is 11.7. The number of anilines is 3. The number of aromatic nitrogens is 4. The number of nitrogen functional groups attached to an aromatic ring is 1. The molecule has 1 saturated heterocycles. The second-order valence-electron chi connectivity index (χ2n) is 10.8. The van der Waals surface area contributed by atoms with Gasteiger partial charge in [0.2, 0.25) is 17.0 Å². The van der Waals surface area contributed by atoms with E-state index in [2.05, 4.69) is 26.2 Å². The number of aliphatic hydroxyl groups is 1. The average Bonchev–Trinajstić information content (AvgIpc) is 3.47. The molecule has 4 aromatic rings. The molecule has 13 heteroatoms. The molecule has 5 N–H and O–H groups in total. The van der Waals surface area contributed by atoms with Crippen molar-refractivity contribution in [3.05, 3.63) is 89.5 Å². The van der Waals surface area contributed by atoms with E-state index >= 15 is 0 Å². The van der Waals surface area contributed by atoms with Crippen LogP contribution in [0.1, 0.15) is 61.2 Å². The Hall–Kier alpha value is -4.30. The molecule has 3 atom stereocenters. The number of ether oxygens (including phenoxy) is 2. The van der Waals surface area contributed by atoms with Crippen molar-refractivity contribution in [1.82, 2.24) is 20.2 Å². The normalized spacial score (nSPS) is 18.0. The van der Waals surface area contributed by atoms with Crippen molar-refractivity contribution >= 4 is 40.6 Å². The molecule has 1 aliphatic heterocycles. The van der Waals surface area contributed by atoms with Crippen molar-refractivity contribution in [1.29, 1.82) is 0 Å². The van der Waals surface area contributed by atoms with Crippen LogP contribution in [-0.4, -0.2) is 49.0 Å². The molecule has 1 aromatic heterocycles. The summed E-state index contributed by atoms with van der Waals surface area (Å²) in [5.41, 5.74) is 10.2. The Morgan fingerprint density at radius 3 is 2.44 bits per heavy atom. The predicted molar refractivity (Wildman–Crippen MR) is 171 cm³/mol. The van der Waals surface area contributed by atoms with E-state index in [1.165, 1.54) is 11.8 Å². The summed E-state index contributed by atoms with van der Waals surface area (Å²) in [6.07, 6.45) is 1.26. The number of hydrogen-bond donors (Lipinski definition) is 4. The number of hydrogen-bond acceptors (Lipinski definition) is 10. The van der Waals surface area contributed by atoms with Crippen LogP contribution in [0.5, 0.6) is 0 Å². The molecule has 0 spiro atoms. The highest BCUT2D eigenvalue weighted by molar-refractivity contribution is 7.99. The van der Waals surface area contributed by atoms with Crippen molar-refractivity contribution in [2.75, 3.05) is 22.1 Å². The Morgan fingerprint density at radius 1 is 0.978 bits per heavy atom. The number of tetrazole rings is 1. The molecule has 5 rings (SSSR count). The second kappa shape index (κ2) is 15.6. The molecule has 0 bridgehead atoms. The summed E-state index contributed by atoms with van der Waals surface area (Å²) in [7, 11) is 1.79. The largest absolute Gasteiger partial charge is 0.397 e. The Labute approximate surface area is 265 Å². The molecule has 1 fully saturated rings. The van der Waals surface area contributed by atoms with E-state index in [0.29, 0.717) is 53.7 Å². The number of nitrogens with zero attached hydrogens (tertiary/aromatic N) is 4. The fourth-order valence-corrected chi connectivity index (χ4v) is 5.78. The van der Waals surface area contributed by atoms with Gasteiger partial charge in [0.1, 0.15) is 0 Å². The number of carbonyl (C=O) groups is 2. The fourth-order valence-electron chi connectivity index (χ4n) is 4.91. The lowest BCUT2D eigenvalue weighted by molar-refractivity contribution is -0.245. The SMILES string of the molecule is Cn1nnnc1SC[C@H]1C[C@@H](c2ccc(CO)cc2)O[C@@H](c2cccc(NC(=O)CCCCC(=O)Nc3ccccc3N)c2)O1. The number of aliphatic hydroxyl groups excluding tert-OH is 1. The number of aryl methyl sites for hydroxylation is 1. The first-order valence-corrected chi connectivity index (χ1v) is 15.8. The van der Waals surface area contributed by atoms with E-state index in [4.69, 9.17) is 15.2 Å². The van der Waals surface area contributed by atoms with Crippen molar-refractivity contribution in [3.8, 4) is 0 Å². The molecule has 0 saturated carbocycles. The lowest BCUT2D eigenvalue weighted by atomic mass is 10.0. The molecule has 2 amide bonds.